The molecule has 0 bridgehead atoms. The number of nitrogens with one attached hydrogen (secondary N) is 1. The molecule has 0 saturated carbocycles. The van der Waals surface area contributed by atoms with Crippen molar-refractivity contribution in [3.8, 4) is 5.75 Å². The lowest BCUT2D eigenvalue weighted by Crippen LogP contribution is -2.27. The summed E-state index contributed by atoms with van der Waals surface area (Å²) in [6, 6.07) is 10.6. The summed E-state index contributed by atoms with van der Waals surface area (Å²) in [5.74, 6) is 0.927. The Hall–Kier alpha value is -1.74. The van der Waals surface area contributed by atoms with Crippen molar-refractivity contribution in [1.29, 1.82) is 0 Å². The Morgan fingerprint density at radius 1 is 1.25 bits per heavy atom. The Balaban J connectivity index is 1.74. The second-order valence-electron chi connectivity index (χ2n) is 5.09. The molecule has 0 spiro atoms. The quantitative estimate of drug-likeness (QED) is 0.874. The number of hydrogen-bond donors (Lipinski definition) is 1. The van der Waals surface area contributed by atoms with Gasteiger partial charge in [0.15, 0.2) is 0 Å². The SMILES string of the molecule is COc1ccc2c(c1)CC(Nc1ccnc(Cl)c1)CC2. The summed E-state index contributed by atoms with van der Waals surface area (Å²) in [4.78, 5) is 4.00. The second kappa shape index (κ2) is 5.71. The fourth-order valence-electron chi connectivity index (χ4n) is 2.71. The molecule has 1 aliphatic rings. The van der Waals surface area contributed by atoms with Crippen LogP contribution in [0.3, 0.4) is 0 Å². The predicted octanol–water partition coefficient (Wildman–Crippen LogP) is 3.71. The average Bonchev–Trinajstić information content (AvgIpc) is 2.46. The number of rotatable bonds is 3. The first kappa shape index (κ1) is 13.3. The number of aromatic nitrogens is 1. The van der Waals surface area contributed by atoms with Gasteiger partial charge in [-0.2, -0.15) is 0 Å². The highest BCUT2D eigenvalue weighted by Crippen LogP contribution is 2.27. The van der Waals surface area contributed by atoms with E-state index in [0.29, 0.717) is 11.2 Å². The van der Waals surface area contributed by atoms with Crippen molar-refractivity contribution in [3.05, 3.63) is 52.8 Å². The Morgan fingerprint density at radius 2 is 2.15 bits per heavy atom. The van der Waals surface area contributed by atoms with E-state index in [1.807, 2.05) is 18.2 Å². The van der Waals surface area contributed by atoms with Gasteiger partial charge >= 0.3 is 0 Å². The van der Waals surface area contributed by atoms with E-state index in [-0.39, 0.29) is 0 Å². The zero-order valence-electron chi connectivity index (χ0n) is 11.4. The molecule has 0 aliphatic heterocycles. The molecule has 3 nitrogen and oxygen atoms in total. The lowest BCUT2D eigenvalue weighted by molar-refractivity contribution is 0.413. The van der Waals surface area contributed by atoms with Gasteiger partial charge in [0.05, 0.1) is 7.11 Å². The third-order valence-electron chi connectivity index (χ3n) is 3.74. The van der Waals surface area contributed by atoms with Gasteiger partial charge in [-0.3, -0.25) is 0 Å². The summed E-state index contributed by atoms with van der Waals surface area (Å²) < 4.78 is 5.30. The lowest BCUT2D eigenvalue weighted by atomic mass is 9.88. The number of aryl methyl sites for hydroxylation is 1. The van der Waals surface area contributed by atoms with E-state index in [1.54, 1.807) is 13.3 Å². The minimum absolute atomic E-state index is 0.424. The van der Waals surface area contributed by atoms with E-state index in [9.17, 15) is 0 Å². The summed E-state index contributed by atoms with van der Waals surface area (Å²) in [7, 11) is 1.71. The average molecular weight is 289 g/mol. The number of halogens is 1. The molecule has 104 valence electrons. The van der Waals surface area contributed by atoms with E-state index < -0.39 is 0 Å². The molecule has 0 radical (unpaired) electrons. The molecule has 1 aromatic heterocycles. The van der Waals surface area contributed by atoms with Crippen LogP contribution >= 0.6 is 11.6 Å². The third-order valence-corrected chi connectivity index (χ3v) is 3.95. The zero-order chi connectivity index (χ0) is 13.9. The number of pyridine rings is 1. The highest BCUT2D eigenvalue weighted by molar-refractivity contribution is 6.29. The van der Waals surface area contributed by atoms with Gasteiger partial charge < -0.3 is 10.1 Å². The predicted molar refractivity (Wildman–Crippen MR) is 81.7 cm³/mol. The summed E-state index contributed by atoms with van der Waals surface area (Å²) in [6.45, 7) is 0. The minimum atomic E-state index is 0.424. The van der Waals surface area contributed by atoms with Crippen LogP contribution in [0.2, 0.25) is 5.15 Å². The van der Waals surface area contributed by atoms with Gasteiger partial charge in [-0.1, -0.05) is 17.7 Å². The van der Waals surface area contributed by atoms with Crippen molar-refractivity contribution in [2.75, 3.05) is 12.4 Å². The van der Waals surface area contributed by atoms with Gasteiger partial charge in [0.25, 0.3) is 0 Å². The first-order valence-corrected chi connectivity index (χ1v) is 7.16. The number of methoxy groups -OCH3 is 1. The molecule has 1 aromatic carbocycles. The van der Waals surface area contributed by atoms with Gasteiger partial charge in [-0.25, -0.2) is 4.98 Å². The van der Waals surface area contributed by atoms with Crippen molar-refractivity contribution in [1.82, 2.24) is 4.98 Å². The van der Waals surface area contributed by atoms with Crippen LogP contribution in [0.5, 0.6) is 5.75 Å². The van der Waals surface area contributed by atoms with Crippen LogP contribution in [0, 0.1) is 0 Å². The molecule has 1 aliphatic carbocycles. The van der Waals surface area contributed by atoms with E-state index >= 15 is 0 Å². The largest absolute Gasteiger partial charge is 0.497 e. The Morgan fingerprint density at radius 3 is 2.95 bits per heavy atom. The van der Waals surface area contributed by atoms with Crippen molar-refractivity contribution in [2.45, 2.75) is 25.3 Å². The van der Waals surface area contributed by atoms with E-state index in [0.717, 1.165) is 30.7 Å². The molecule has 1 N–H and O–H groups in total. The van der Waals surface area contributed by atoms with Gasteiger partial charge in [0.2, 0.25) is 0 Å². The maximum absolute atomic E-state index is 5.92. The minimum Gasteiger partial charge on any atom is -0.497 e. The van der Waals surface area contributed by atoms with Crippen LogP contribution in [0.1, 0.15) is 17.5 Å². The summed E-state index contributed by atoms with van der Waals surface area (Å²) in [5, 5.41) is 4.06. The first-order chi connectivity index (χ1) is 9.74. The van der Waals surface area contributed by atoms with Crippen LogP contribution in [0.25, 0.3) is 0 Å². The molecular formula is C16H17ClN2O. The maximum Gasteiger partial charge on any atom is 0.131 e. The van der Waals surface area contributed by atoms with E-state index in [1.165, 1.54) is 11.1 Å². The number of anilines is 1. The van der Waals surface area contributed by atoms with E-state index in [2.05, 4.69) is 22.4 Å². The molecule has 3 rings (SSSR count). The highest BCUT2D eigenvalue weighted by Gasteiger charge is 2.19. The van der Waals surface area contributed by atoms with Crippen molar-refractivity contribution in [3.63, 3.8) is 0 Å². The molecule has 1 unspecified atom stereocenters. The summed E-state index contributed by atoms with van der Waals surface area (Å²) in [5.41, 5.74) is 3.83. The van der Waals surface area contributed by atoms with Gasteiger partial charge in [-0.05, 0) is 54.7 Å². The molecule has 2 aromatic rings. The Labute approximate surface area is 123 Å². The lowest BCUT2D eigenvalue weighted by Gasteiger charge is -2.26. The number of benzene rings is 1. The number of hydrogen-bond acceptors (Lipinski definition) is 3. The molecule has 20 heavy (non-hydrogen) atoms. The summed E-state index contributed by atoms with van der Waals surface area (Å²) in [6.07, 6.45) is 4.95. The van der Waals surface area contributed by atoms with Gasteiger partial charge in [-0.15, -0.1) is 0 Å². The van der Waals surface area contributed by atoms with Crippen LogP contribution in [-0.2, 0) is 12.8 Å². The molecule has 0 fully saturated rings. The maximum atomic E-state index is 5.92. The number of fused-ring (bicyclic) bond motifs is 1. The van der Waals surface area contributed by atoms with Crippen LogP contribution in [0.15, 0.2) is 36.5 Å². The highest BCUT2D eigenvalue weighted by atomic mass is 35.5. The summed E-state index contributed by atoms with van der Waals surface area (Å²) >= 11 is 5.92. The van der Waals surface area contributed by atoms with Crippen molar-refractivity contribution >= 4 is 17.3 Å². The molecule has 1 atom stereocenters. The smallest absolute Gasteiger partial charge is 0.131 e. The molecule has 1 heterocycles. The second-order valence-corrected chi connectivity index (χ2v) is 5.47. The van der Waals surface area contributed by atoms with E-state index in [4.69, 9.17) is 16.3 Å². The standard InChI is InChI=1S/C16H17ClN2O/c1-20-15-5-3-11-2-4-13(8-12(11)9-15)19-14-6-7-18-16(17)10-14/h3,5-7,9-10,13H,2,4,8H2,1H3,(H,18,19). The van der Waals surface area contributed by atoms with Gasteiger partial charge in [0.1, 0.15) is 10.9 Å². The monoisotopic (exact) mass is 288 g/mol. The first-order valence-electron chi connectivity index (χ1n) is 6.78. The molecule has 0 amide bonds. The van der Waals surface area contributed by atoms with Gasteiger partial charge in [0, 0.05) is 17.9 Å². The van der Waals surface area contributed by atoms with Crippen LogP contribution < -0.4 is 10.1 Å². The fourth-order valence-corrected chi connectivity index (χ4v) is 2.89. The van der Waals surface area contributed by atoms with Crippen LogP contribution in [-0.4, -0.2) is 18.1 Å². The molecular weight excluding hydrogens is 272 g/mol. The number of ether oxygens (including phenoxy) is 1. The Bertz CT molecular complexity index is 615. The van der Waals surface area contributed by atoms with Crippen LogP contribution in [0.4, 0.5) is 5.69 Å². The topological polar surface area (TPSA) is 34.1 Å². The van der Waals surface area contributed by atoms with Crippen molar-refractivity contribution < 1.29 is 4.74 Å². The normalized spacial score (nSPS) is 17.4. The fraction of sp³-hybridized carbons (Fsp3) is 0.312. The molecule has 4 heteroatoms. The van der Waals surface area contributed by atoms with Crippen molar-refractivity contribution in [2.24, 2.45) is 0 Å². The number of nitrogens with zero attached hydrogens (tertiary/aromatic N) is 1. The zero-order valence-corrected chi connectivity index (χ0v) is 12.2. The Kier molecular flexibility index (Phi) is 3.79. The molecule has 0 saturated heterocycles. The third kappa shape index (κ3) is 2.88.